The number of methoxy groups -OCH3 is 2. The molecule has 3 aromatic carbocycles. The first-order chi connectivity index (χ1) is 13.8. The molecule has 5 heteroatoms. The van der Waals surface area contributed by atoms with Crippen molar-refractivity contribution in [3.8, 4) is 17.2 Å². The number of hydrogen-bond acceptors (Lipinski definition) is 5. The van der Waals surface area contributed by atoms with Gasteiger partial charge in [0.1, 0.15) is 6.61 Å². The van der Waals surface area contributed by atoms with Gasteiger partial charge in [-0.1, -0.05) is 60.7 Å². The van der Waals surface area contributed by atoms with Gasteiger partial charge in [-0.15, -0.1) is 0 Å². The first-order valence-electron chi connectivity index (χ1n) is 9.02. The fourth-order valence-corrected chi connectivity index (χ4v) is 2.70. The van der Waals surface area contributed by atoms with Crippen LogP contribution >= 0.6 is 0 Å². The zero-order valence-electron chi connectivity index (χ0n) is 16.1. The molecule has 0 saturated carbocycles. The fourth-order valence-electron chi connectivity index (χ4n) is 2.70. The lowest BCUT2D eigenvalue weighted by Crippen LogP contribution is -2.05. The molecule has 0 radical (unpaired) electrons. The summed E-state index contributed by atoms with van der Waals surface area (Å²) >= 11 is 0. The lowest BCUT2D eigenvalue weighted by atomic mass is 10.2. The Morgan fingerprint density at radius 3 is 1.96 bits per heavy atom. The second-order valence-electron chi connectivity index (χ2n) is 6.11. The molecule has 0 aliphatic heterocycles. The number of nitrogens with one attached hydrogen (secondary N) is 1. The third-order valence-electron chi connectivity index (χ3n) is 4.14. The molecule has 0 aliphatic carbocycles. The Balaban J connectivity index is 1.70. The van der Waals surface area contributed by atoms with Crippen molar-refractivity contribution in [2.24, 2.45) is 5.10 Å². The summed E-state index contributed by atoms with van der Waals surface area (Å²) in [5.74, 6) is 1.77. The van der Waals surface area contributed by atoms with Gasteiger partial charge in [0.2, 0.25) is 5.75 Å². The number of ether oxygens (including phenoxy) is 3. The van der Waals surface area contributed by atoms with Crippen molar-refractivity contribution in [3.05, 3.63) is 89.5 Å². The van der Waals surface area contributed by atoms with Gasteiger partial charge in [0.15, 0.2) is 11.5 Å². The van der Waals surface area contributed by atoms with E-state index in [0.29, 0.717) is 30.4 Å². The van der Waals surface area contributed by atoms with Crippen LogP contribution in [-0.2, 0) is 13.2 Å². The van der Waals surface area contributed by atoms with E-state index in [2.05, 4.69) is 10.5 Å². The van der Waals surface area contributed by atoms with Crippen molar-refractivity contribution in [1.82, 2.24) is 5.43 Å². The minimum atomic E-state index is 0.430. The van der Waals surface area contributed by atoms with Crippen LogP contribution in [0.25, 0.3) is 0 Å². The van der Waals surface area contributed by atoms with Crippen molar-refractivity contribution in [3.63, 3.8) is 0 Å². The van der Waals surface area contributed by atoms with Crippen LogP contribution in [0.4, 0.5) is 0 Å². The van der Waals surface area contributed by atoms with E-state index in [-0.39, 0.29) is 0 Å². The second kappa shape index (κ2) is 10.0. The average molecular weight is 376 g/mol. The Morgan fingerprint density at radius 2 is 1.39 bits per heavy atom. The van der Waals surface area contributed by atoms with Crippen molar-refractivity contribution >= 4 is 6.21 Å². The predicted molar refractivity (Wildman–Crippen MR) is 111 cm³/mol. The SMILES string of the molecule is COc1cc(C=NNCc2ccccc2)cc(OC)c1OCc1ccccc1. The summed E-state index contributed by atoms with van der Waals surface area (Å²) in [4.78, 5) is 0. The number of hydrazone groups is 1. The molecule has 0 unspecified atom stereocenters. The highest BCUT2D eigenvalue weighted by atomic mass is 16.5. The smallest absolute Gasteiger partial charge is 0.203 e. The zero-order chi connectivity index (χ0) is 19.6. The number of nitrogens with zero attached hydrogens (tertiary/aromatic N) is 1. The molecule has 1 N–H and O–H groups in total. The summed E-state index contributed by atoms with van der Waals surface area (Å²) in [6.45, 7) is 1.09. The van der Waals surface area contributed by atoms with E-state index in [1.807, 2.05) is 72.8 Å². The Morgan fingerprint density at radius 1 is 0.821 bits per heavy atom. The van der Waals surface area contributed by atoms with Crippen LogP contribution in [0, 0.1) is 0 Å². The van der Waals surface area contributed by atoms with Gasteiger partial charge in [-0.05, 0) is 23.3 Å². The van der Waals surface area contributed by atoms with Gasteiger partial charge >= 0.3 is 0 Å². The summed E-state index contributed by atoms with van der Waals surface area (Å²) in [5.41, 5.74) is 6.13. The van der Waals surface area contributed by atoms with Crippen LogP contribution < -0.4 is 19.6 Å². The van der Waals surface area contributed by atoms with Gasteiger partial charge in [0.05, 0.1) is 27.0 Å². The van der Waals surface area contributed by atoms with Crippen LogP contribution in [0.5, 0.6) is 17.2 Å². The van der Waals surface area contributed by atoms with Gasteiger partial charge in [-0.3, -0.25) is 0 Å². The Bertz CT molecular complexity index is 871. The van der Waals surface area contributed by atoms with Crippen LogP contribution in [0.15, 0.2) is 77.9 Å². The molecule has 3 aromatic rings. The summed E-state index contributed by atoms with van der Waals surface area (Å²) in [6, 6.07) is 23.8. The summed E-state index contributed by atoms with van der Waals surface area (Å²) in [7, 11) is 3.22. The number of rotatable bonds is 9. The normalized spacial score (nSPS) is 10.6. The number of hydrogen-bond donors (Lipinski definition) is 1. The van der Waals surface area contributed by atoms with E-state index in [9.17, 15) is 0 Å². The summed E-state index contributed by atoms with van der Waals surface area (Å²) in [6.07, 6.45) is 1.73. The van der Waals surface area contributed by atoms with Crippen molar-refractivity contribution in [2.75, 3.05) is 14.2 Å². The third-order valence-corrected chi connectivity index (χ3v) is 4.14. The lowest BCUT2D eigenvalue weighted by Gasteiger charge is -2.15. The van der Waals surface area contributed by atoms with Crippen molar-refractivity contribution in [2.45, 2.75) is 13.2 Å². The van der Waals surface area contributed by atoms with E-state index in [0.717, 1.165) is 11.1 Å². The van der Waals surface area contributed by atoms with Crippen LogP contribution in [-0.4, -0.2) is 20.4 Å². The Hall–Kier alpha value is -3.47. The Labute approximate surface area is 165 Å². The van der Waals surface area contributed by atoms with E-state index < -0.39 is 0 Å². The topological polar surface area (TPSA) is 52.1 Å². The van der Waals surface area contributed by atoms with E-state index in [4.69, 9.17) is 14.2 Å². The molecule has 5 nitrogen and oxygen atoms in total. The molecular weight excluding hydrogens is 352 g/mol. The molecule has 0 saturated heterocycles. The maximum absolute atomic E-state index is 5.96. The average Bonchev–Trinajstić information content (AvgIpc) is 2.76. The van der Waals surface area contributed by atoms with Crippen LogP contribution in [0.3, 0.4) is 0 Å². The van der Waals surface area contributed by atoms with Crippen LogP contribution in [0.1, 0.15) is 16.7 Å². The summed E-state index contributed by atoms with van der Waals surface area (Å²) < 4.78 is 17.0. The highest BCUT2D eigenvalue weighted by Gasteiger charge is 2.14. The van der Waals surface area contributed by atoms with Gasteiger partial charge in [0.25, 0.3) is 0 Å². The Kier molecular flexibility index (Phi) is 6.90. The predicted octanol–water partition coefficient (Wildman–Crippen LogP) is 4.41. The van der Waals surface area contributed by atoms with Crippen LogP contribution in [0.2, 0.25) is 0 Å². The molecular formula is C23H24N2O3. The molecule has 0 aliphatic rings. The molecule has 3 rings (SSSR count). The third kappa shape index (κ3) is 5.27. The van der Waals surface area contributed by atoms with Crippen molar-refractivity contribution < 1.29 is 14.2 Å². The van der Waals surface area contributed by atoms with Gasteiger partial charge < -0.3 is 19.6 Å². The second-order valence-corrected chi connectivity index (χ2v) is 6.11. The quantitative estimate of drug-likeness (QED) is 0.444. The van der Waals surface area contributed by atoms with Crippen molar-refractivity contribution in [1.29, 1.82) is 0 Å². The standard InChI is InChI=1S/C23H24N2O3/c1-26-21-13-20(16-25-24-15-18-9-5-3-6-10-18)14-22(27-2)23(21)28-17-19-11-7-4-8-12-19/h3-14,16,24H,15,17H2,1-2H3. The van der Waals surface area contributed by atoms with E-state index in [1.54, 1.807) is 20.4 Å². The van der Waals surface area contributed by atoms with Gasteiger partial charge in [0, 0.05) is 5.56 Å². The first kappa shape index (κ1) is 19.3. The monoisotopic (exact) mass is 376 g/mol. The molecule has 0 bridgehead atoms. The molecule has 0 aromatic heterocycles. The summed E-state index contributed by atoms with van der Waals surface area (Å²) in [5, 5.41) is 4.28. The molecule has 0 heterocycles. The minimum Gasteiger partial charge on any atom is -0.493 e. The molecule has 0 amide bonds. The maximum Gasteiger partial charge on any atom is 0.203 e. The van der Waals surface area contributed by atoms with Gasteiger partial charge in [-0.25, -0.2) is 0 Å². The highest BCUT2D eigenvalue weighted by Crippen LogP contribution is 2.38. The minimum absolute atomic E-state index is 0.430. The largest absolute Gasteiger partial charge is 0.493 e. The lowest BCUT2D eigenvalue weighted by molar-refractivity contribution is 0.266. The van der Waals surface area contributed by atoms with E-state index >= 15 is 0 Å². The maximum atomic E-state index is 5.96. The molecule has 0 atom stereocenters. The highest BCUT2D eigenvalue weighted by molar-refractivity contribution is 5.82. The van der Waals surface area contributed by atoms with E-state index in [1.165, 1.54) is 5.56 Å². The molecule has 144 valence electrons. The molecule has 0 spiro atoms. The molecule has 0 fully saturated rings. The molecule has 28 heavy (non-hydrogen) atoms. The first-order valence-corrected chi connectivity index (χ1v) is 9.02. The fraction of sp³-hybridized carbons (Fsp3) is 0.174. The zero-order valence-corrected chi connectivity index (χ0v) is 16.1. The van der Waals surface area contributed by atoms with Gasteiger partial charge in [-0.2, -0.15) is 5.10 Å². The number of benzene rings is 3.